The summed E-state index contributed by atoms with van der Waals surface area (Å²) < 4.78 is 5.09. The van der Waals surface area contributed by atoms with E-state index >= 15 is 0 Å². The number of carbonyl (C=O) groups excluding carboxylic acids is 2. The lowest BCUT2D eigenvalue weighted by Crippen LogP contribution is -2.11. The Hall–Kier alpha value is -8.98. The van der Waals surface area contributed by atoms with E-state index in [0.29, 0.717) is 19.3 Å². The van der Waals surface area contributed by atoms with Crippen molar-refractivity contribution in [3.8, 4) is 44.8 Å². The van der Waals surface area contributed by atoms with E-state index in [0.717, 1.165) is 107 Å². The number of anilines is 6. The van der Waals surface area contributed by atoms with Gasteiger partial charge in [0, 0.05) is 58.1 Å². The largest absolute Gasteiger partial charge is 0.463 e. The lowest BCUT2D eigenvalue weighted by molar-refractivity contribution is -0.144. The summed E-state index contributed by atoms with van der Waals surface area (Å²) in [4.78, 5) is 39.2. The number of benzene rings is 9. The maximum atomic E-state index is 12.2. The second-order valence-corrected chi connectivity index (χ2v) is 18.5. The minimum atomic E-state index is -0.330. The van der Waals surface area contributed by atoms with Crippen LogP contribution in [0, 0.1) is 6.92 Å². The number of aromatic nitrogens is 2. The second kappa shape index (κ2) is 22.6. The first-order chi connectivity index (χ1) is 36.3. The van der Waals surface area contributed by atoms with Crippen molar-refractivity contribution < 1.29 is 19.4 Å². The molecule has 364 valence electrons. The third-order valence-electron chi connectivity index (χ3n) is 13.2. The van der Waals surface area contributed by atoms with Crippen LogP contribution in [-0.4, -0.2) is 40.0 Å². The van der Waals surface area contributed by atoms with Gasteiger partial charge in [0.2, 0.25) is 0 Å². The molecule has 74 heavy (non-hydrogen) atoms. The van der Waals surface area contributed by atoms with Crippen LogP contribution < -0.4 is 9.80 Å². The van der Waals surface area contributed by atoms with E-state index in [1.807, 2.05) is 30.3 Å². The molecule has 0 unspecified atom stereocenters. The number of rotatable bonds is 18. The maximum absolute atomic E-state index is 12.2. The average molecular weight is 969 g/mol. The van der Waals surface area contributed by atoms with E-state index < -0.39 is 0 Å². The number of ether oxygens (including phenoxy) is 1. The predicted molar refractivity (Wildman–Crippen MR) is 301 cm³/mol. The topological polar surface area (TPSA) is 95.9 Å². The summed E-state index contributed by atoms with van der Waals surface area (Å²) in [6.07, 6.45) is 1.99. The van der Waals surface area contributed by atoms with Crippen LogP contribution in [0.25, 0.3) is 55.8 Å². The molecule has 0 saturated carbocycles. The van der Waals surface area contributed by atoms with Crippen LogP contribution >= 0.6 is 0 Å². The molecule has 0 spiro atoms. The summed E-state index contributed by atoms with van der Waals surface area (Å²) in [5.41, 5.74) is 18.8. The van der Waals surface area contributed by atoms with E-state index in [-0.39, 0.29) is 31.4 Å². The number of nitrogens with zero attached hydrogens (tertiary/aromatic N) is 4. The maximum Gasteiger partial charge on any atom is 0.306 e. The average Bonchev–Trinajstić information content (AvgIpc) is 3.45. The summed E-state index contributed by atoms with van der Waals surface area (Å²) in [5, 5.41) is 9.07. The normalized spacial score (nSPS) is 11.1. The van der Waals surface area contributed by atoms with Gasteiger partial charge in [0.15, 0.2) is 0 Å². The molecule has 0 amide bonds. The number of carbonyl (C=O) groups is 2. The van der Waals surface area contributed by atoms with E-state index in [9.17, 15) is 9.59 Å². The van der Waals surface area contributed by atoms with E-state index in [2.05, 4.69) is 211 Å². The first kappa shape index (κ1) is 48.6. The van der Waals surface area contributed by atoms with Crippen molar-refractivity contribution in [1.29, 1.82) is 0 Å². The molecular weight excluding hydrogens is 913 g/mol. The minimum absolute atomic E-state index is 0.00349. The Morgan fingerprint density at radius 1 is 0.432 bits per heavy atom. The summed E-state index contributed by atoms with van der Waals surface area (Å²) in [7, 11) is 0. The van der Waals surface area contributed by atoms with Crippen LogP contribution in [0.15, 0.2) is 224 Å². The molecule has 0 aliphatic carbocycles. The summed E-state index contributed by atoms with van der Waals surface area (Å²) in [6.45, 7) is 3.53. The molecule has 0 bridgehead atoms. The zero-order valence-electron chi connectivity index (χ0n) is 41.6. The quantitative estimate of drug-likeness (QED) is 0.0850. The van der Waals surface area contributed by atoms with Crippen molar-refractivity contribution >= 4 is 56.9 Å². The minimum Gasteiger partial charge on any atom is -0.463 e. The molecule has 8 nitrogen and oxygen atoms in total. The predicted octanol–water partition coefficient (Wildman–Crippen LogP) is 15.5. The Morgan fingerprint density at radius 2 is 0.797 bits per heavy atom. The number of aryl methyl sites for hydroxylation is 3. The lowest BCUT2D eigenvalue weighted by atomic mass is 10.0. The highest BCUT2D eigenvalue weighted by molar-refractivity contribution is 5.89. The van der Waals surface area contributed by atoms with Gasteiger partial charge in [-0.05, 0) is 151 Å². The van der Waals surface area contributed by atoms with Crippen LogP contribution in [0.1, 0.15) is 36.5 Å². The van der Waals surface area contributed by atoms with Gasteiger partial charge in [-0.3, -0.25) is 4.79 Å². The van der Waals surface area contributed by atoms with Crippen LogP contribution in [0.5, 0.6) is 0 Å². The first-order valence-corrected chi connectivity index (χ1v) is 25.1. The summed E-state index contributed by atoms with van der Waals surface area (Å²) in [5.74, 6) is -0.147. The van der Waals surface area contributed by atoms with Crippen LogP contribution in [0.3, 0.4) is 0 Å². The van der Waals surface area contributed by atoms with Gasteiger partial charge in [-0.2, -0.15) is 0 Å². The molecule has 0 atom stereocenters. The Labute approximate surface area is 432 Å². The third kappa shape index (κ3) is 11.4. The van der Waals surface area contributed by atoms with Gasteiger partial charge in [-0.1, -0.05) is 140 Å². The highest BCUT2D eigenvalue weighted by atomic mass is 16.5. The fourth-order valence-electron chi connectivity index (χ4n) is 9.29. The molecule has 10 rings (SSSR count). The fraction of sp³-hybridized carbons (Fsp3) is 0.121. The molecule has 0 radical (unpaired) electrons. The fourth-order valence-corrected chi connectivity index (χ4v) is 9.29. The van der Waals surface area contributed by atoms with Crippen molar-refractivity contribution in [3.05, 3.63) is 241 Å². The molecule has 1 heterocycles. The standard InChI is InChI=1S/C66H56N4O4/c1-46-13-41-62-63(45-46)68-66(55-27-39-61(40-28-55)69(56-29-16-48(17-30-56)15-14-47(2)72)58-33-21-52(22-34-58)50-9-5-3-6-10-50)65(67-62)54-25-37-60(38-26-54)70(59-35-23-53(24-36-59)51-11-7-4-8-12-51)57-31-18-49(19-32-57)20-42-64(73)74-44-43-71/h3-13,16-19,21-41,45,71H,14-15,20,42-44H2,1-2H3. The molecule has 1 N–H and O–H groups in total. The van der Waals surface area contributed by atoms with Crippen molar-refractivity contribution in [3.63, 3.8) is 0 Å². The molecule has 9 aromatic carbocycles. The lowest BCUT2D eigenvalue weighted by Gasteiger charge is -2.26. The van der Waals surface area contributed by atoms with Crippen molar-refractivity contribution in [2.75, 3.05) is 23.0 Å². The third-order valence-corrected chi connectivity index (χ3v) is 13.2. The van der Waals surface area contributed by atoms with Gasteiger partial charge in [0.25, 0.3) is 0 Å². The van der Waals surface area contributed by atoms with Crippen LogP contribution in [-0.2, 0) is 27.2 Å². The molecule has 10 aromatic rings. The van der Waals surface area contributed by atoms with Crippen molar-refractivity contribution in [1.82, 2.24) is 9.97 Å². The number of ketones is 1. The van der Waals surface area contributed by atoms with E-state index in [1.165, 1.54) is 0 Å². The Morgan fingerprint density at radius 3 is 1.20 bits per heavy atom. The molecule has 8 heteroatoms. The van der Waals surface area contributed by atoms with Crippen molar-refractivity contribution in [2.24, 2.45) is 0 Å². The summed E-state index contributed by atoms with van der Waals surface area (Å²) in [6, 6.07) is 78.0. The number of Topliss-reactive ketones (excluding diaryl/α,β-unsaturated/α-hetero) is 1. The van der Waals surface area contributed by atoms with Gasteiger partial charge in [-0.15, -0.1) is 0 Å². The summed E-state index contributed by atoms with van der Waals surface area (Å²) >= 11 is 0. The van der Waals surface area contributed by atoms with E-state index in [4.69, 9.17) is 19.8 Å². The van der Waals surface area contributed by atoms with Crippen LogP contribution in [0.2, 0.25) is 0 Å². The first-order valence-electron chi connectivity index (χ1n) is 25.1. The Bertz CT molecular complexity index is 3490. The number of hydrogen-bond donors (Lipinski definition) is 1. The van der Waals surface area contributed by atoms with Gasteiger partial charge in [-0.25, -0.2) is 9.97 Å². The zero-order chi connectivity index (χ0) is 50.8. The zero-order valence-corrected chi connectivity index (χ0v) is 41.6. The monoisotopic (exact) mass is 968 g/mol. The Balaban J connectivity index is 0.999. The highest BCUT2D eigenvalue weighted by Crippen LogP contribution is 2.41. The second-order valence-electron chi connectivity index (χ2n) is 18.5. The molecule has 0 aliphatic rings. The number of aliphatic hydroxyl groups is 1. The SMILES string of the molecule is CC(=O)CCc1ccc(N(c2ccc(-c3ccccc3)cc2)c2ccc(-c3nc4cc(C)ccc4nc3-c3ccc(N(c4ccc(CCC(=O)OCCO)cc4)c4ccc(-c5ccccc5)cc4)cc3)cc2)cc1. The molecule has 0 saturated heterocycles. The van der Waals surface area contributed by atoms with Gasteiger partial charge in [0.05, 0.1) is 29.0 Å². The van der Waals surface area contributed by atoms with Crippen molar-refractivity contribution in [2.45, 2.75) is 39.5 Å². The Kier molecular flexibility index (Phi) is 14.9. The number of fused-ring (bicyclic) bond motifs is 1. The smallest absolute Gasteiger partial charge is 0.306 e. The molecular formula is C66H56N4O4. The van der Waals surface area contributed by atoms with Gasteiger partial charge in [0.1, 0.15) is 12.4 Å². The van der Waals surface area contributed by atoms with E-state index in [1.54, 1.807) is 6.92 Å². The highest BCUT2D eigenvalue weighted by Gasteiger charge is 2.19. The molecule has 0 aliphatic heterocycles. The molecule has 1 aromatic heterocycles. The number of esters is 1. The van der Waals surface area contributed by atoms with Gasteiger partial charge >= 0.3 is 5.97 Å². The molecule has 0 fully saturated rings. The van der Waals surface area contributed by atoms with Gasteiger partial charge < -0.3 is 24.4 Å². The van der Waals surface area contributed by atoms with Crippen LogP contribution in [0.4, 0.5) is 34.1 Å². The number of hydrogen-bond acceptors (Lipinski definition) is 8. The number of aliphatic hydroxyl groups excluding tert-OH is 1.